The Hall–Kier alpha value is -2.54. The van der Waals surface area contributed by atoms with Gasteiger partial charge >= 0.3 is 11.4 Å². The molecule has 0 saturated heterocycles. The van der Waals surface area contributed by atoms with Crippen LogP contribution in [0.1, 0.15) is 0 Å². The van der Waals surface area contributed by atoms with Crippen LogP contribution in [0.3, 0.4) is 0 Å². The lowest BCUT2D eigenvalue weighted by molar-refractivity contribution is -0.395. The van der Waals surface area contributed by atoms with Gasteiger partial charge in [-0.15, -0.1) is 0 Å². The van der Waals surface area contributed by atoms with Crippen molar-refractivity contribution < 1.29 is 38.3 Å². The number of nitrogens with zero attached hydrogens (tertiary/aromatic N) is 2. The van der Waals surface area contributed by atoms with Crippen molar-refractivity contribution >= 4 is 11.4 Å². The second kappa shape index (κ2) is 13.6. The largest absolute Gasteiger partial charge is 0.484 e. The van der Waals surface area contributed by atoms with E-state index in [1.807, 2.05) is 0 Å². The standard InChI is InChI=1S/C16H24N2O10/c1-23-3-5-25-7-9-27-15-12-16(28-10-8-26-6-4-24-2)14(18(21)22)11-13(15)17(19)20/h11-12H,3-10H2,1-2H3. The summed E-state index contributed by atoms with van der Waals surface area (Å²) in [7, 11) is 3.06. The summed E-state index contributed by atoms with van der Waals surface area (Å²) in [5.41, 5.74) is -1.07. The van der Waals surface area contributed by atoms with Gasteiger partial charge in [0.2, 0.25) is 11.5 Å². The average molecular weight is 404 g/mol. The van der Waals surface area contributed by atoms with Crippen molar-refractivity contribution in [3.63, 3.8) is 0 Å². The van der Waals surface area contributed by atoms with Crippen LogP contribution < -0.4 is 9.47 Å². The molecular formula is C16H24N2O10. The van der Waals surface area contributed by atoms with Gasteiger partial charge in [-0.2, -0.15) is 0 Å². The summed E-state index contributed by atoms with van der Waals surface area (Å²) in [6.07, 6.45) is 0. The fraction of sp³-hybridized carbons (Fsp3) is 0.625. The van der Waals surface area contributed by atoms with Crippen LogP contribution >= 0.6 is 0 Å². The molecule has 0 saturated carbocycles. The van der Waals surface area contributed by atoms with Gasteiger partial charge in [-0.1, -0.05) is 0 Å². The zero-order valence-corrected chi connectivity index (χ0v) is 15.8. The molecule has 0 aromatic heterocycles. The predicted molar refractivity (Wildman–Crippen MR) is 96.1 cm³/mol. The average Bonchev–Trinajstić information content (AvgIpc) is 2.66. The summed E-state index contributed by atoms with van der Waals surface area (Å²) in [5.74, 6) is -0.303. The summed E-state index contributed by atoms with van der Waals surface area (Å²) >= 11 is 0. The highest BCUT2D eigenvalue weighted by atomic mass is 16.6. The smallest absolute Gasteiger partial charge is 0.318 e. The number of hydrogen-bond acceptors (Lipinski definition) is 10. The van der Waals surface area contributed by atoms with Gasteiger partial charge in [-0.25, -0.2) is 0 Å². The third kappa shape index (κ3) is 8.43. The molecule has 0 fully saturated rings. The van der Waals surface area contributed by atoms with Crippen LogP contribution in [0.2, 0.25) is 0 Å². The molecule has 0 N–H and O–H groups in total. The maximum absolute atomic E-state index is 11.2. The van der Waals surface area contributed by atoms with Crippen LogP contribution in [0.25, 0.3) is 0 Å². The van der Waals surface area contributed by atoms with Gasteiger partial charge in [-0.3, -0.25) is 20.2 Å². The first-order valence-electron chi connectivity index (χ1n) is 8.37. The molecule has 1 rings (SSSR count). The molecule has 0 heterocycles. The Kier molecular flexibility index (Phi) is 11.4. The molecule has 1 aromatic carbocycles. The summed E-state index contributed by atoms with van der Waals surface area (Å²) in [5, 5.41) is 22.5. The Morgan fingerprint density at radius 1 is 0.679 bits per heavy atom. The van der Waals surface area contributed by atoms with Crippen molar-refractivity contribution in [3.05, 3.63) is 32.4 Å². The Bertz CT molecular complexity index is 576. The summed E-state index contributed by atoms with van der Waals surface area (Å²) in [6.45, 7) is 1.87. The molecule has 0 atom stereocenters. The van der Waals surface area contributed by atoms with Gasteiger partial charge in [0.25, 0.3) is 0 Å². The lowest BCUT2D eigenvalue weighted by Crippen LogP contribution is -2.12. The van der Waals surface area contributed by atoms with Crippen molar-refractivity contribution in [3.8, 4) is 11.5 Å². The van der Waals surface area contributed by atoms with Crippen LogP contribution in [0.15, 0.2) is 12.1 Å². The number of hydrogen-bond donors (Lipinski definition) is 0. The number of nitro groups is 2. The molecular weight excluding hydrogens is 380 g/mol. The van der Waals surface area contributed by atoms with E-state index in [-0.39, 0.29) is 37.9 Å². The van der Waals surface area contributed by atoms with Gasteiger partial charge in [0, 0.05) is 20.3 Å². The van der Waals surface area contributed by atoms with E-state index in [1.165, 1.54) is 14.2 Å². The summed E-state index contributed by atoms with van der Waals surface area (Å²) in [6, 6.07) is 1.93. The molecule has 0 aliphatic heterocycles. The molecule has 0 unspecified atom stereocenters. The Morgan fingerprint density at radius 3 is 1.43 bits per heavy atom. The highest BCUT2D eigenvalue weighted by Gasteiger charge is 2.26. The highest BCUT2D eigenvalue weighted by Crippen LogP contribution is 2.39. The second-order valence-electron chi connectivity index (χ2n) is 5.21. The van der Waals surface area contributed by atoms with Gasteiger partial charge in [-0.05, 0) is 0 Å². The van der Waals surface area contributed by atoms with Crippen LogP contribution in [-0.2, 0) is 18.9 Å². The number of benzene rings is 1. The molecule has 0 spiro atoms. The van der Waals surface area contributed by atoms with Gasteiger partial charge < -0.3 is 28.4 Å². The number of methoxy groups -OCH3 is 2. The maximum Gasteiger partial charge on any atom is 0.318 e. The SMILES string of the molecule is COCCOCCOc1cc(OCCOCCOC)c([N+](=O)[O-])cc1[N+](=O)[O-]. The molecule has 0 aliphatic rings. The predicted octanol–water partition coefficient (Wildman–Crippen LogP) is 1.59. The highest BCUT2D eigenvalue weighted by molar-refractivity contribution is 5.61. The first-order chi connectivity index (χ1) is 13.5. The Balaban J connectivity index is 2.79. The van der Waals surface area contributed by atoms with E-state index in [9.17, 15) is 20.2 Å². The van der Waals surface area contributed by atoms with E-state index in [0.29, 0.717) is 26.4 Å². The van der Waals surface area contributed by atoms with Crippen molar-refractivity contribution in [1.29, 1.82) is 0 Å². The minimum atomic E-state index is -0.758. The van der Waals surface area contributed by atoms with Crippen molar-refractivity contribution in [2.45, 2.75) is 0 Å². The molecule has 28 heavy (non-hydrogen) atoms. The monoisotopic (exact) mass is 404 g/mol. The number of rotatable bonds is 16. The first kappa shape index (κ1) is 23.5. The fourth-order valence-corrected chi connectivity index (χ4v) is 1.97. The quantitative estimate of drug-likeness (QED) is 0.226. The molecule has 1 aromatic rings. The van der Waals surface area contributed by atoms with E-state index in [0.717, 1.165) is 12.1 Å². The summed E-state index contributed by atoms with van der Waals surface area (Å²) < 4.78 is 30.8. The minimum absolute atomic E-state index is 0.0158. The first-order valence-corrected chi connectivity index (χ1v) is 8.37. The van der Waals surface area contributed by atoms with E-state index < -0.39 is 21.2 Å². The normalized spacial score (nSPS) is 10.6. The molecule has 0 bridgehead atoms. The van der Waals surface area contributed by atoms with E-state index in [1.54, 1.807) is 0 Å². The van der Waals surface area contributed by atoms with Crippen LogP contribution in [0.4, 0.5) is 11.4 Å². The maximum atomic E-state index is 11.2. The Morgan fingerprint density at radius 2 is 1.07 bits per heavy atom. The lowest BCUT2D eigenvalue weighted by Gasteiger charge is -2.11. The minimum Gasteiger partial charge on any atom is -0.484 e. The van der Waals surface area contributed by atoms with Crippen molar-refractivity contribution in [2.24, 2.45) is 0 Å². The fourth-order valence-electron chi connectivity index (χ4n) is 1.97. The second-order valence-corrected chi connectivity index (χ2v) is 5.21. The van der Waals surface area contributed by atoms with E-state index >= 15 is 0 Å². The zero-order chi connectivity index (χ0) is 20.8. The Labute approximate surface area is 161 Å². The van der Waals surface area contributed by atoms with Gasteiger partial charge in [0.1, 0.15) is 19.3 Å². The van der Waals surface area contributed by atoms with Crippen LogP contribution in [-0.4, -0.2) is 76.9 Å². The third-order valence-electron chi connectivity index (χ3n) is 3.27. The van der Waals surface area contributed by atoms with Crippen molar-refractivity contribution in [1.82, 2.24) is 0 Å². The third-order valence-corrected chi connectivity index (χ3v) is 3.27. The lowest BCUT2D eigenvalue weighted by atomic mass is 10.2. The number of nitro benzene ring substituents is 2. The number of ether oxygens (including phenoxy) is 6. The molecule has 0 radical (unpaired) electrons. The van der Waals surface area contributed by atoms with Crippen molar-refractivity contribution in [2.75, 3.05) is 67.1 Å². The van der Waals surface area contributed by atoms with E-state index in [4.69, 9.17) is 28.4 Å². The molecule has 158 valence electrons. The molecule has 0 aliphatic carbocycles. The van der Waals surface area contributed by atoms with Crippen LogP contribution in [0.5, 0.6) is 11.5 Å². The van der Waals surface area contributed by atoms with Crippen LogP contribution in [0, 0.1) is 20.2 Å². The summed E-state index contributed by atoms with van der Waals surface area (Å²) in [4.78, 5) is 20.9. The zero-order valence-electron chi connectivity index (χ0n) is 15.8. The van der Waals surface area contributed by atoms with E-state index in [2.05, 4.69) is 0 Å². The van der Waals surface area contributed by atoms with Gasteiger partial charge in [0.15, 0.2) is 0 Å². The van der Waals surface area contributed by atoms with Gasteiger partial charge in [0.05, 0.1) is 49.5 Å². The molecule has 12 nitrogen and oxygen atoms in total. The molecule has 0 amide bonds. The topological polar surface area (TPSA) is 142 Å². The molecule has 12 heteroatoms.